The van der Waals surface area contributed by atoms with Gasteiger partial charge < -0.3 is 4.90 Å². The van der Waals surface area contributed by atoms with Crippen LogP contribution < -0.4 is 4.72 Å². The quantitative estimate of drug-likeness (QED) is 0.438. The molecule has 3 aromatic rings. The van der Waals surface area contributed by atoms with E-state index in [4.69, 9.17) is 0 Å². The first kappa shape index (κ1) is 23.7. The van der Waals surface area contributed by atoms with Gasteiger partial charge in [0.15, 0.2) is 0 Å². The van der Waals surface area contributed by atoms with E-state index >= 15 is 0 Å². The second-order valence-electron chi connectivity index (χ2n) is 8.36. The van der Waals surface area contributed by atoms with Crippen LogP contribution in [0.15, 0.2) is 94.8 Å². The molecule has 6 nitrogen and oxygen atoms in total. The van der Waals surface area contributed by atoms with Crippen molar-refractivity contribution < 1.29 is 13.2 Å². The Labute approximate surface area is 201 Å². The Kier molecular flexibility index (Phi) is 7.75. The number of unbranched alkanes of at least 4 members (excludes halogenated alkanes) is 2. The molecule has 0 fully saturated rings. The second-order valence-corrected chi connectivity index (χ2v) is 10.0. The largest absolute Gasteiger partial charge is 0.334 e. The first-order valence-corrected chi connectivity index (χ1v) is 13.0. The highest BCUT2D eigenvalue weighted by atomic mass is 32.2. The Balaban J connectivity index is 1.28. The van der Waals surface area contributed by atoms with Crippen LogP contribution in [0.3, 0.4) is 0 Å². The van der Waals surface area contributed by atoms with Crippen LogP contribution >= 0.6 is 0 Å². The first-order chi connectivity index (χ1) is 16.5. The highest BCUT2D eigenvalue weighted by Crippen LogP contribution is 2.22. The summed E-state index contributed by atoms with van der Waals surface area (Å²) in [5.74, 6) is 0.542. The molecule has 34 heavy (non-hydrogen) atoms. The van der Waals surface area contributed by atoms with Gasteiger partial charge in [0.25, 0.3) is 10.0 Å². The average molecular weight is 476 g/mol. The number of nitrogens with one attached hydrogen (secondary N) is 1. The van der Waals surface area contributed by atoms with Crippen molar-refractivity contribution in [3.63, 3.8) is 0 Å². The molecule has 1 N–H and O–H groups in total. The Morgan fingerprint density at radius 2 is 1.35 bits per heavy atom. The lowest BCUT2D eigenvalue weighted by Crippen LogP contribution is -2.29. The molecule has 1 aliphatic heterocycles. The molecule has 1 heterocycles. The monoisotopic (exact) mass is 475 g/mol. The SMILES string of the molecule is O=C(CCCCCN=C1NS(=O)(=O)c2ccccc21)N(Cc1ccccc1)Cc1ccccc1. The smallest absolute Gasteiger partial charge is 0.263 e. The lowest BCUT2D eigenvalue weighted by atomic mass is 10.1. The second kappa shape index (κ2) is 11.1. The Morgan fingerprint density at radius 3 is 2.00 bits per heavy atom. The van der Waals surface area contributed by atoms with E-state index in [0.29, 0.717) is 37.5 Å². The van der Waals surface area contributed by atoms with Crippen LogP contribution in [0, 0.1) is 0 Å². The average Bonchev–Trinajstić information content (AvgIpc) is 3.12. The predicted octanol–water partition coefficient (Wildman–Crippen LogP) is 4.51. The van der Waals surface area contributed by atoms with E-state index in [9.17, 15) is 13.2 Å². The van der Waals surface area contributed by atoms with Crippen molar-refractivity contribution in [1.82, 2.24) is 9.62 Å². The standard InChI is InChI=1S/C27H29N3O3S/c31-26(30(20-22-12-4-1-5-13-22)21-23-14-6-2-7-15-23)18-8-3-11-19-28-27-24-16-9-10-17-25(24)34(32,33)29-27/h1-2,4-7,9-10,12-17H,3,8,11,18-21H2,(H,28,29). The van der Waals surface area contributed by atoms with Gasteiger partial charge in [0.2, 0.25) is 5.91 Å². The molecule has 1 aliphatic rings. The van der Waals surface area contributed by atoms with Crippen molar-refractivity contribution >= 4 is 21.8 Å². The number of sulfonamides is 1. The van der Waals surface area contributed by atoms with Gasteiger partial charge in [0.05, 0.1) is 4.90 Å². The minimum absolute atomic E-state index is 0.136. The number of hydrogen-bond acceptors (Lipinski definition) is 4. The van der Waals surface area contributed by atoms with Crippen LogP contribution in [0.1, 0.15) is 42.4 Å². The molecular formula is C27H29N3O3S. The van der Waals surface area contributed by atoms with Crippen molar-refractivity contribution in [1.29, 1.82) is 0 Å². The molecule has 0 bridgehead atoms. The minimum atomic E-state index is -3.51. The fourth-order valence-electron chi connectivity index (χ4n) is 4.00. The Bertz CT molecular complexity index is 1200. The maximum atomic E-state index is 13.0. The third kappa shape index (κ3) is 6.11. The predicted molar refractivity (Wildman–Crippen MR) is 134 cm³/mol. The number of carbonyl (C=O) groups is 1. The van der Waals surface area contributed by atoms with E-state index in [2.05, 4.69) is 9.71 Å². The molecule has 4 rings (SSSR count). The molecule has 176 valence electrons. The third-order valence-electron chi connectivity index (χ3n) is 5.77. The van der Waals surface area contributed by atoms with Gasteiger partial charge in [-0.25, -0.2) is 8.42 Å². The number of carbonyl (C=O) groups excluding carboxylic acids is 1. The van der Waals surface area contributed by atoms with E-state index in [-0.39, 0.29) is 10.8 Å². The van der Waals surface area contributed by atoms with Gasteiger partial charge in [0.1, 0.15) is 5.84 Å². The summed E-state index contributed by atoms with van der Waals surface area (Å²) < 4.78 is 26.9. The van der Waals surface area contributed by atoms with Crippen LogP contribution in [0.5, 0.6) is 0 Å². The van der Waals surface area contributed by atoms with Crippen LogP contribution in [0.4, 0.5) is 0 Å². The summed E-state index contributed by atoms with van der Waals surface area (Å²) in [5.41, 5.74) is 2.85. The summed E-state index contributed by atoms with van der Waals surface area (Å²) in [7, 11) is -3.51. The van der Waals surface area contributed by atoms with Crippen LogP contribution in [-0.4, -0.2) is 31.6 Å². The number of amidine groups is 1. The number of rotatable bonds is 10. The molecule has 0 spiro atoms. The normalized spacial score (nSPS) is 15.0. The van der Waals surface area contributed by atoms with Gasteiger partial charge in [-0.15, -0.1) is 0 Å². The zero-order chi connectivity index (χ0) is 23.8. The van der Waals surface area contributed by atoms with Gasteiger partial charge in [-0.1, -0.05) is 79.2 Å². The molecule has 3 aromatic carbocycles. The zero-order valence-corrected chi connectivity index (χ0v) is 19.9. The Hall–Kier alpha value is -3.45. The van der Waals surface area contributed by atoms with Gasteiger partial charge >= 0.3 is 0 Å². The lowest BCUT2D eigenvalue weighted by molar-refractivity contribution is -0.132. The minimum Gasteiger partial charge on any atom is -0.334 e. The van der Waals surface area contributed by atoms with Crippen molar-refractivity contribution in [2.75, 3.05) is 6.54 Å². The van der Waals surface area contributed by atoms with E-state index < -0.39 is 10.0 Å². The molecule has 0 saturated heterocycles. The fourth-order valence-corrected chi connectivity index (χ4v) is 5.26. The molecule has 0 atom stereocenters. The summed E-state index contributed by atoms with van der Waals surface area (Å²) in [6, 6.07) is 26.9. The molecule has 0 saturated carbocycles. The maximum absolute atomic E-state index is 13.0. The summed E-state index contributed by atoms with van der Waals surface area (Å²) in [4.78, 5) is 19.7. The number of amides is 1. The Morgan fingerprint density at radius 1 is 0.765 bits per heavy atom. The van der Waals surface area contributed by atoms with E-state index in [0.717, 1.165) is 30.4 Å². The molecule has 1 amide bonds. The fraction of sp³-hybridized carbons (Fsp3) is 0.259. The van der Waals surface area contributed by atoms with Crippen molar-refractivity contribution in [3.05, 3.63) is 102 Å². The summed E-state index contributed by atoms with van der Waals surface area (Å²) in [6.07, 6.45) is 2.89. The first-order valence-electron chi connectivity index (χ1n) is 11.6. The summed E-state index contributed by atoms with van der Waals surface area (Å²) in [6.45, 7) is 1.68. The summed E-state index contributed by atoms with van der Waals surface area (Å²) in [5, 5.41) is 0. The van der Waals surface area contributed by atoms with Crippen molar-refractivity contribution in [3.8, 4) is 0 Å². The van der Waals surface area contributed by atoms with Gasteiger partial charge in [-0.2, -0.15) is 0 Å². The zero-order valence-electron chi connectivity index (χ0n) is 19.1. The van der Waals surface area contributed by atoms with E-state index in [1.807, 2.05) is 65.6 Å². The lowest BCUT2D eigenvalue weighted by Gasteiger charge is -2.23. The van der Waals surface area contributed by atoms with Gasteiger partial charge in [0, 0.05) is 31.6 Å². The van der Waals surface area contributed by atoms with Crippen molar-refractivity contribution in [2.45, 2.75) is 43.7 Å². The highest BCUT2D eigenvalue weighted by molar-refractivity contribution is 7.90. The molecule has 7 heteroatoms. The third-order valence-corrected chi connectivity index (χ3v) is 7.16. The van der Waals surface area contributed by atoms with Crippen molar-refractivity contribution in [2.24, 2.45) is 4.99 Å². The van der Waals surface area contributed by atoms with Crippen LogP contribution in [-0.2, 0) is 27.9 Å². The highest BCUT2D eigenvalue weighted by Gasteiger charge is 2.29. The van der Waals surface area contributed by atoms with Crippen LogP contribution in [0.25, 0.3) is 0 Å². The number of benzene rings is 3. The number of nitrogens with zero attached hydrogens (tertiary/aromatic N) is 2. The molecule has 0 aromatic heterocycles. The molecule has 0 radical (unpaired) electrons. The topological polar surface area (TPSA) is 78.8 Å². The van der Waals surface area contributed by atoms with E-state index in [1.54, 1.807) is 24.3 Å². The van der Waals surface area contributed by atoms with Crippen LogP contribution in [0.2, 0.25) is 0 Å². The maximum Gasteiger partial charge on any atom is 0.263 e. The van der Waals surface area contributed by atoms with Gasteiger partial charge in [-0.3, -0.25) is 14.5 Å². The number of fused-ring (bicyclic) bond motifs is 1. The number of aliphatic imine (C=N–C) groups is 1. The molecule has 0 unspecified atom stereocenters. The van der Waals surface area contributed by atoms with Gasteiger partial charge in [-0.05, 0) is 36.1 Å². The van der Waals surface area contributed by atoms with E-state index in [1.165, 1.54) is 0 Å². The molecular weight excluding hydrogens is 446 g/mol. The molecule has 0 aliphatic carbocycles. The number of hydrogen-bond donors (Lipinski definition) is 1. The summed E-state index contributed by atoms with van der Waals surface area (Å²) >= 11 is 0.